The van der Waals surface area contributed by atoms with Crippen LogP contribution in [0.15, 0.2) is 60.0 Å². The number of aromatic nitrogens is 2. The van der Waals surface area contributed by atoms with Crippen LogP contribution in [0, 0.1) is 10.1 Å². The molecule has 8 heteroatoms. The molecule has 0 amide bonds. The molecule has 2 heterocycles. The lowest BCUT2D eigenvalue weighted by molar-refractivity contribution is -0.384. The van der Waals surface area contributed by atoms with Crippen molar-refractivity contribution in [2.24, 2.45) is 0 Å². The molecule has 2 aromatic rings. The minimum absolute atomic E-state index is 0.0928. The largest absolute Gasteiger partial charge is 0.478 e. The Hall–Kier alpha value is -3.55. The fourth-order valence-corrected chi connectivity index (χ4v) is 3.25. The zero-order valence-electron chi connectivity index (χ0n) is 14.1. The number of nitro groups is 1. The van der Waals surface area contributed by atoms with Crippen LogP contribution in [0.1, 0.15) is 30.9 Å². The van der Waals surface area contributed by atoms with E-state index in [0.717, 1.165) is 5.70 Å². The molecule has 132 valence electrons. The Labute approximate surface area is 149 Å². The van der Waals surface area contributed by atoms with Crippen molar-refractivity contribution >= 4 is 17.2 Å². The van der Waals surface area contributed by atoms with Gasteiger partial charge in [-0.05, 0) is 25.0 Å². The van der Waals surface area contributed by atoms with Crippen molar-refractivity contribution in [1.29, 1.82) is 0 Å². The van der Waals surface area contributed by atoms with Gasteiger partial charge in [0.05, 0.1) is 10.5 Å². The summed E-state index contributed by atoms with van der Waals surface area (Å²) < 4.78 is 0. The minimum Gasteiger partial charge on any atom is -0.478 e. The second-order valence-electron chi connectivity index (χ2n) is 5.92. The molecular formula is C18H16N4O4. The second kappa shape index (κ2) is 6.75. The molecule has 1 unspecified atom stereocenters. The Balaban J connectivity index is 2.26. The topological polar surface area (TPSA) is 118 Å². The van der Waals surface area contributed by atoms with Gasteiger partial charge in [0.1, 0.15) is 6.33 Å². The van der Waals surface area contributed by atoms with E-state index < -0.39 is 16.8 Å². The highest BCUT2D eigenvalue weighted by Crippen LogP contribution is 2.43. The normalized spacial score (nSPS) is 17.1. The van der Waals surface area contributed by atoms with Crippen LogP contribution < -0.4 is 5.32 Å². The Morgan fingerprint density at radius 3 is 2.54 bits per heavy atom. The molecular weight excluding hydrogens is 336 g/mol. The fourth-order valence-electron chi connectivity index (χ4n) is 3.25. The number of carboxylic acids is 1. The number of hydrogen-bond donors (Lipinski definition) is 2. The van der Waals surface area contributed by atoms with Gasteiger partial charge >= 0.3 is 5.97 Å². The fraction of sp³-hybridized carbons (Fsp3) is 0.167. The lowest BCUT2D eigenvalue weighted by atomic mass is 9.78. The first kappa shape index (κ1) is 17.3. The van der Waals surface area contributed by atoms with E-state index in [0.29, 0.717) is 22.4 Å². The number of dihydropyridines is 1. The van der Waals surface area contributed by atoms with E-state index >= 15 is 0 Å². The maximum Gasteiger partial charge on any atom is 0.334 e. The number of carboxylic acid groups (broad SMARTS) is 1. The van der Waals surface area contributed by atoms with Gasteiger partial charge in [-0.1, -0.05) is 12.1 Å². The van der Waals surface area contributed by atoms with Gasteiger partial charge in [0.25, 0.3) is 5.69 Å². The molecule has 0 bridgehead atoms. The number of nitrogens with zero attached hydrogens (tertiary/aromatic N) is 3. The predicted octanol–water partition coefficient (Wildman–Crippen LogP) is 2.86. The van der Waals surface area contributed by atoms with Crippen LogP contribution in [0.2, 0.25) is 0 Å². The number of allylic oxidation sites excluding steroid dienone is 3. The third-order valence-electron chi connectivity index (χ3n) is 4.28. The first-order valence-electron chi connectivity index (χ1n) is 7.81. The number of benzene rings is 1. The summed E-state index contributed by atoms with van der Waals surface area (Å²) in [4.78, 5) is 30.7. The molecule has 1 aliphatic heterocycles. The highest BCUT2D eigenvalue weighted by atomic mass is 16.6. The van der Waals surface area contributed by atoms with Crippen molar-refractivity contribution in [1.82, 2.24) is 15.3 Å². The lowest BCUT2D eigenvalue weighted by Crippen LogP contribution is -2.27. The molecule has 0 spiro atoms. The van der Waals surface area contributed by atoms with Crippen molar-refractivity contribution in [3.05, 3.63) is 81.2 Å². The number of nitrogens with one attached hydrogen (secondary N) is 1. The number of nitro benzene ring substituents is 1. The standard InChI is InChI=1S/C18H16N4O4/c1-10-15(13-7-19-9-20-8-13)17(16(18(23)24)11(2)21-10)12-4-3-5-14(6-12)22(25)26/h3-9,17,21H,1-2H3,(H,23,24). The van der Waals surface area contributed by atoms with Crippen molar-refractivity contribution < 1.29 is 14.8 Å². The number of non-ortho nitro benzene ring substituents is 1. The molecule has 0 radical (unpaired) electrons. The van der Waals surface area contributed by atoms with Crippen LogP contribution in [-0.4, -0.2) is 26.0 Å². The van der Waals surface area contributed by atoms with Crippen LogP contribution >= 0.6 is 0 Å². The van der Waals surface area contributed by atoms with E-state index in [4.69, 9.17) is 0 Å². The van der Waals surface area contributed by atoms with Crippen LogP contribution in [0.5, 0.6) is 0 Å². The maximum absolute atomic E-state index is 12.0. The number of carbonyl (C=O) groups is 1. The average Bonchev–Trinajstić information content (AvgIpc) is 2.61. The molecule has 1 atom stereocenters. The zero-order chi connectivity index (χ0) is 18.8. The molecule has 1 aromatic carbocycles. The first-order valence-corrected chi connectivity index (χ1v) is 7.81. The van der Waals surface area contributed by atoms with Gasteiger partial charge in [-0.15, -0.1) is 0 Å². The summed E-state index contributed by atoms with van der Waals surface area (Å²) in [7, 11) is 0. The lowest BCUT2D eigenvalue weighted by Gasteiger charge is -2.30. The van der Waals surface area contributed by atoms with Gasteiger partial charge in [0, 0.05) is 47.4 Å². The summed E-state index contributed by atoms with van der Waals surface area (Å²) in [5.74, 6) is -1.77. The van der Waals surface area contributed by atoms with E-state index in [9.17, 15) is 20.0 Å². The number of rotatable bonds is 4. The molecule has 26 heavy (non-hydrogen) atoms. The van der Waals surface area contributed by atoms with Crippen molar-refractivity contribution in [3.63, 3.8) is 0 Å². The highest BCUT2D eigenvalue weighted by Gasteiger charge is 2.34. The Morgan fingerprint density at radius 1 is 1.23 bits per heavy atom. The first-order chi connectivity index (χ1) is 12.4. The van der Waals surface area contributed by atoms with E-state index in [1.807, 2.05) is 6.92 Å². The summed E-state index contributed by atoms with van der Waals surface area (Å²) in [5, 5.41) is 24.0. The van der Waals surface area contributed by atoms with Crippen molar-refractivity contribution in [3.8, 4) is 0 Å². The summed E-state index contributed by atoms with van der Waals surface area (Å²) in [5.41, 5.74) is 3.13. The molecule has 0 saturated heterocycles. The smallest absolute Gasteiger partial charge is 0.334 e. The minimum atomic E-state index is -1.09. The van der Waals surface area contributed by atoms with Gasteiger partial charge in [-0.25, -0.2) is 14.8 Å². The summed E-state index contributed by atoms with van der Waals surface area (Å²) in [6.07, 6.45) is 4.58. The zero-order valence-corrected chi connectivity index (χ0v) is 14.1. The maximum atomic E-state index is 12.0. The number of hydrogen-bond acceptors (Lipinski definition) is 6. The van der Waals surface area contributed by atoms with E-state index in [-0.39, 0.29) is 11.3 Å². The Kier molecular flexibility index (Phi) is 4.49. The number of aliphatic carboxylic acids is 1. The molecule has 0 saturated carbocycles. The second-order valence-corrected chi connectivity index (χ2v) is 5.92. The molecule has 1 aliphatic rings. The summed E-state index contributed by atoms with van der Waals surface area (Å²) >= 11 is 0. The van der Waals surface area contributed by atoms with Crippen molar-refractivity contribution in [2.45, 2.75) is 19.8 Å². The molecule has 0 aliphatic carbocycles. The van der Waals surface area contributed by atoms with Gasteiger partial charge in [0.15, 0.2) is 0 Å². The van der Waals surface area contributed by atoms with Gasteiger partial charge in [-0.2, -0.15) is 0 Å². The Bertz CT molecular complexity index is 951. The van der Waals surface area contributed by atoms with Crippen LogP contribution in [0.25, 0.3) is 5.57 Å². The van der Waals surface area contributed by atoms with Gasteiger partial charge in [-0.3, -0.25) is 10.1 Å². The summed E-state index contributed by atoms with van der Waals surface area (Å²) in [6, 6.07) is 6.03. The summed E-state index contributed by atoms with van der Waals surface area (Å²) in [6.45, 7) is 3.50. The van der Waals surface area contributed by atoms with Crippen molar-refractivity contribution in [2.75, 3.05) is 0 Å². The molecule has 2 N–H and O–H groups in total. The Morgan fingerprint density at radius 2 is 1.92 bits per heavy atom. The molecule has 0 fully saturated rings. The van der Waals surface area contributed by atoms with Crippen LogP contribution in [0.4, 0.5) is 5.69 Å². The van der Waals surface area contributed by atoms with E-state index in [1.54, 1.807) is 31.5 Å². The molecule has 3 rings (SSSR count). The third-order valence-corrected chi connectivity index (χ3v) is 4.28. The highest BCUT2D eigenvalue weighted by molar-refractivity contribution is 5.96. The quantitative estimate of drug-likeness (QED) is 0.641. The van der Waals surface area contributed by atoms with E-state index in [1.165, 1.54) is 18.5 Å². The molecule has 1 aromatic heterocycles. The van der Waals surface area contributed by atoms with Gasteiger partial charge in [0.2, 0.25) is 0 Å². The van der Waals surface area contributed by atoms with Gasteiger partial charge < -0.3 is 10.4 Å². The SMILES string of the molecule is CC1=C(C(=O)O)C(c2cccc([N+](=O)[O-])c2)C(c2cncnc2)=C(C)N1. The third kappa shape index (κ3) is 3.04. The van der Waals surface area contributed by atoms with E-state index in [2.05, 4.69) is 15.3 Å². The monoisotopic (exact) mass is 352 g/mol. The van der Waals surface area contributed by atoms with Crippen LogP contribution in [-0.2, 0) is 4.79 Å². The van der Waals surface area contributed by atoms with Crippen LogP contribution in [0.3, 0.4) is 0 Å². The molecule has 8 nitrogen and oxygen atoms in total. The predicted molar refractivity (Wildman–Crippen MR) is 93.9 cm³/mol. The average molecular weight is 352 g/mol.